The summed E-state index contributed by atoms with van der Waals surface area (Å²) < 4.78 is 0. The van der Waals surface area contributed by atoms with Crippen molar-refractivity contribution in [3.8, 4) is 0 Å². The van der Waals surface area contributed by atoms with Crippen LogP contribution in [0.25, 0.3) is 12.2 Å². The van der Waals surface area contributed by atoms with E-state index in [2.05, 4.69) is 10.7 Å². The fourth-order valence-corrected chi connectivity index (χ4v) is 0.859. The second-order valence-electron chi connectivity index (χ2n) is 1.82. The number of aromatic nitrogens is 1. The lowest BCUT2D eigenvalue weighted by Crippen LogP contribution is -1.60. The Morgan fingerprint density at radius 3 is 2.38 bits per heavy atom. The Kier molecular flexibility index (Phi) is 0.538. The van der Waals surface area contributed by atoms with Crippen LogP contribution in [0.15, 0.2) is 18.1 Å². The van der Waals surface area contributed by atoms with Gasteiger partial charge in [0.15, 0.2) is 0 Å². The second kappa shape index (κ2) is 1.15. The third-order valence-electron chi connectivity index (χ3n) is 1.29. The van der Waals surface area contributed by atoms with Gasteiger partial charge < -0.3 is 4.98 Å². The van der Waals surface area contributed by atoms with Gasteiger partial charge in [0.05, 0.1) is 0 Å². The van der Waals surface area contributed by atoms with Crippen LogP contribution in [0.1, 0.15) is 11.1 Å². The van der Waals surface area contributed by atoms with Gasteiger partial charge >= 0.3 is 0 Å². The van der Waals surface area contributed by atoms with E-state index < -0.39 is 0 Å². The van der Waals surface area contributed by atoms with Crippen molar-refractivity contribution in [2.24, 2.45) is 0 Å². The monoisotopic (exact) mass is 103 g/mol. The molecule has 38 valence electrons. The molecule has 0 atom stereocenters. The summed E-state index contributed by atoms with van der Waals surface area (Å²) in [5, 5.41) is 0. The Morgan fingerprint density at radius 2 is 1.75 bits per heavy atom. The van der Waals surface area contributed by atoms with E-state index in [1.807, 2.05) is 24.5 Å². The van der Waals surface area contributed by atoms with Crippen LogP contribution in [-0.4, -0.2) is 4.98 Å². The lowest BCUT2D eigenvalue weighted by Gasteiger charge is -1.76. The lowest BCUT2D eigenvalue weighted by molar-refractivity contribution is 1.41. The van der Waals surface area contributed by atoms with Crippen molar-refractivity contribution in [3.63, 3.8) is 0 Å². The fourth-order valence-electron chi connectivity index (χ4n) is 0.859. The SMILES string of the molecule is C1=Cc2c[nH]cc2C=1. The summed E-state index contributed by atoms with van der Waals surface area (Å²) in [5.41, 5.74) is 5.48. The molecule has 0 aliphatic heterocycles. The molecule has 1 aromatic rings. The summed E-state index contributed by atoms with van der Waals surface area (Å²) in [6.45, 7) is 0. The van der Waals surface area contributed by atoms with E-state index in [1.165, 1.54) is 11.1 Å². The van der Waals surface area contributed by atoms with Crippen molar-refractivity contribution in [1.82, 2.24) is 4.98 Å². The molecule has 0 spiro atoms. The smallest absolute Gasteiger partial charge is 0.00908 e. The van der Waals surface area contributed by atoms with Crippen molar-refractivity contribution < 1.29 is 0 Å². The predicted octanol–water partition coefficient (Wildman–Crippen LogP) is 1.65. The molecule has 0 amide bonds. The van der Waals surface area contributed by atoms with E-state index in [-0.39, 0.29) is 0 Å². The van der Waals surface area contributed by atoms with Gasteiger partial charge in [0.1, 0.15) is 0 Å². The van der Waals surface area contributed by atoms with E-state index >= 15 is 0 Å². The average molecular weight is 103 g/mol. The second-order valence-corrected chi connectivity index (χ2v) is 1.82. The van der Waals surface area contributed by atoms with Crippen LogP contribution in [0.2, 0.25) is 0 Å². The van der Waals surface area contributed by atoms with Crippen LogP contribution in [0, 0.1) is 0 Å². The van der Waals surface area contributed by atoms with Crippen molar-refractivity contribution in [3.05, 3.63) is 29.3 Å². The van der Waals surface area contributed by atoms with Gasteiger partial charge in [0.2, 0.25) is 0 Å². The van der Waals surface area contributed by atoms with Crippen LogP contribution in [0.3, 0.4) is 0 Å². The average Bonchev–Trinajstić information content (AvgIpc) is 2.15. The molecular formula is C7H5N. The van der Waals surface area contributed by atoms with Gasteiger partial charge in [-0.15, -0.1) is 5.73 Å². The van der Waals surface area contributed by atoms with Gasteiger partial charge in [0.25, 0.3) is 0 Å². The van der Waals surface area contributed by atoms with Gasteiger partial charge in [-0.1, -0.05) is 0 Å². The summed E-state index contributed by atoms with van der Waals surface area (Å²) in [5.74, 6) is 0. The topological polar surface area (TPSA) is 15.8 Å². The van der Waals surface area contributed by atoms with Crippen LogP contribution in [-0.2, 0) is 0 Å². The quantitative estimate of drug-likeness (QED) is 0.488. The fraction of sp³-hybridized carbons (Fsp3) is 0. The molecule has 1 heteroatoms. The highest BCUT2D eigenvalue weighted by atomic mass is 14.6. The Labute approximate surface area is 47.4 Å². The van der Waals surface area contributed by atoms with Crippen molar-refractivity contribution in [2.75, 3.05) is 0 Å². The van der Waals surface area contributed by atoms with Crippen LogP contribution in [0.4, 0.5) is 0 Å². The molecule has 0 radical (unpaired) electrons. The molecule has 8 heavy (non-hydrogen) atoms. The van der Waals surface area contributed by atoms with Gasteiger partial charge in [-0.25, -0.2) is 0 Å². The number of rotatable bonds is 0. The zero-order chi connectivity index (χ0) is 5.40. The Bertz CT molecular complexity index is 239. The summed E-state index contributed by atoms with van der Waals surface area (Å²) in [6, 6.07) is 0. The molecular weight excluding hydrogens is 98.1 g/mol. The largest absolute Gasteiger partial charge is 0.366 e. The molecule has 1 aromatic heterocycles. The van der Waals surface area contributed by atoms with E-state index in [0.29, 0.717) is 0 Å². The highest BCUT2D eigenvalue weighted by Gasteiger charge is 1.97. The molecule has 1 nitrogen and oxygen atoms in total. The summed E-state index contributed by atoms with van der Waals surface area (Å²) in [4.78, 5) is 3.00. The Hall–Kier alpha value is -1.20. The van der Waals surface area contributed by atoms with Crippen LogP contribution >= 0.6 is 0 Å². The highest BCUT2D eigenvalue weighted by Crippen LogP contribution is 2.15. The first-order chi connectivity index (χ1) is 3.97. The van der Waals surface area contributed by atoms with E-state index in [9.17, 15) is 0 Å². The van der Waals surface area contributed by atoms with Crippen LogP contribution in [0.5, 0.6) is 0 Å². The van der Waals surface area contributed by atoms with E-state index in [1.54, 1.807) is 0 Å². The summed E-state index contributed by atoms with van der Waals surface area (Å²) in [7, 11) is 0. The third kappa shape index (κ3) is 0.316. The maximum absolute atomic E-state index is 3.00. The molecule has 0 unspecified atom stereocenters. The Morgan fingerprint density at radius 1 is 1.12 bits per heavy atom. The lowest BCUT2D eigenvalue weighted by atomic mass is 10.2. The third-order valence-corrected chi connectivity index (χ3v) is 1.29. The summed E-state index contributed by atoms with van der Waals surface area (Å²) >= 11 is 0. The van der Waals surface area contributed by atoms with E-state index in [4.69, 9.17) is 0 Å². The molecule has 1 aliphatic carbocycles. The number of H-pyrrole nitrogens is 1. The van der Waals surface area contributed by atoms with Crippen molar-refractivity contribution >= 4 is 12.2 Å². The first-order valence-corrected chi connectivity index (χ1v) is 2.56. The summed E-state index contributed by atoms with van der Waals surface area (Å²) in [6.07, 6.45) is 7.86. The molecule has 1 heterocycles. The van der Waals surface area contributed by atoms with Crippen molar-refractivity contribution in [1.29, 1.82) is 0 Å². The molecule has 0 fully saturated rings. The standard InChI is InChI=1S/C7H5N/c1-2-6-4-8-5-7(6)3-1/h2-5,8H. The normalized spacial score (nSPS) is 12.5. The minimum Gasteiger partial charge on any atom is -0.366 e. The molecule has 0 saturated heterocycles. The number of aromatic amines is 1. The van der Waals surface area contributed by atoms with Gasteiger partial charge in [-0.2, -0.15) is 0 Å². The molecule has 1 aliphatic rings. The first-order valence-electron chi connectivity index (χ1n) is 2.56. The predicted molar refractivity (Wildman–Crippen MR) is 33.2 cm³/mol. The van der Waals surface area contributed by atoms with E-state index in [0.717, 1.165) is 0 Å². The minimum atomic E-state index is 1.24. The highest BCUT2D eigenvalue weighted by molar-refractivity contribution is 5.72. The number of hydrogen-bond acceptors (Lipinski definition) is 0. The maximum Gasteiger partial charge on any atom is 0.00908 e. The van der Waals surface area contributed by atoms with Gasteiger partial charge in [-0.3, -0.25) is 0 Å². The Balaban J connectivity index is 2.78. The number of fused-ring (bicyclic) bond motifs is 1. The minimum absolute atomic E-state index is 1.24. The van der Waals surface area contributed by atoms with Gasteiger partial charge in [-0.05, 0) is 12.2 Å². The number of nitrogens with one attached hydrogen (secondary N) is 1. The van der Waals surface area contributed by atoms with Gasteiger partial charge in [0, 0.05) is 23.5 Å². The molecule has 0 aromatic carbocycles. The number of hydrogen-bond donors (Lipinski definition) is 1. The molecule has 0 saturated carbocycles. The maximum atomic E-state index is 3.00. The first kappa shape index (κ1) is 3.76. The molecule has 2 rings (SSSR count). The molecule has 1 N–H and O–H groups in total. The zero-order valence-electron chi connectivity index (χ0n) is 4.31. The van der Waals surface area contributed by atoms with Crippen LogP contribution < -0.4 is 0 Å². The zero-order valence-corrected chi connectivity index (χ0v) is 4.31. The van der Waals surface area contributed by atoms with Crippen molar-refractivity contribution in [2.45, 2.75) is 0 Å². The molecule has 0 bridgehead atoms.